The zero-order valence-corrected chi connectivity index (χ0v) is 14.4. The monoisotopic (exact) mass is 316 g/mol. The largest absolute Gasteiger partial charge is 0.339 e. The van der Waals surface area contributed by atoms with Gasteiger partial charge in [0.05, 0.1) is 5.88 Å². The third kappa shape index (κ3) is 3.45. The van der Waals surface area contributed by atoms with Crippen LogP contribution in [0.2, 0.25) is 0 Å². The van der Waals surface area contributed by atoms with Crippen LogP contribution in [0, 0.1) is 5.41 Å². The summed E-state index contributed by atoms with van der Waals surface area (Å²) in [6.07, 6.45) is 0. The Morgan fingerprint density at radius 1 is 1.25 bits per heavy atom. The Labute approximate surface area is 130 Å². The van der Waals surface area contributed by atoms with Gasteiger partial charge in [-0.2, -0.15) is 11.8 Å². The lowest BCUT2D eigenvalue weighted by Crippen LogP contribution is -2.53. The smallest absolute Gasteiger partial charge is 0.246 e. The molecule has 0 aromatic heterocycles. The number of carbonyl (C=O) groups is 2. The van der Waals surface area contributed by atoms with E-state index in [9.17, 15) is 9.59 Å². The molecule has 0 unspecified atom stereocenters. The van der Waals surface area contributed by atoms with Crippen molar-refractivity contribution in [2.45, 2.75) is 39.0 Å². The summed E-state index contributed by atoms with van der Waals surface area (Å²) >= 11 is 3.59. The molecular formula is C14H24N2O2S2. The molecule has 0 radical (unpaired) electrons. The number of thioether (sulfide) groups is 2. The molecule has 2 aliphatic rings. The van der Waals surface area contributed by atoms with E-state index in [1.165, 1.54) is 0 Å². The minimum Gasteiger partial charge on any atom is -0.339 e. The number of hydrogen-bond donors (Lipinski definition) is 0. The van der Waals surface area contributed by atoms with Crippen LogP contribution in [0.5, 0.6) is 0 Å². The number of amides is 2. The summed E-state index contributed by atoms with van der Waals surface area (Å²) < 4.78 is 0. The highest BCUT2D eigenvalue weighted by Gasteiger charge is 2.41. The van der Waals surface area contributed by atoms with Gasteiger partial charge in [0.25, 0.3) is 0 Å². The van der Waals surface area contributed by atoms with E-state index >= 15 is 0 Å². The second-order valence-electron chi connectivity index (χ2n) is 6.51. The van der Waals surface area contributed by atoms with Gasteiger partial charge in [-0.05, 0) is 0 Å². The van der Waals surface area contributed by atoms with Crippen molar-refractivity contribution in [1.82, 2.24) is 9.80 Å². The van der Waals surface area contributed by atoms with Crippen LogP contribution in [0.3, 0.4) is 0 Å². The summed E-state index contributed by atoms with van der Waals surface area (Å²) in [5.74, 6) is 2.60. The van der Waals surface area contributed by atoms with Gasteiger partial charge in [0.15, 0.2) is 0 Å². The summed E-state index contributed by atoms with van der Waals surface area (Å²) in [6, 6.07) is -0.262. The first-order valence-electron chi connectivity index (χ1n) is 7.10. The predicted molar refractivity (Wildman–Crippen MR) is 85.9 cm³/mol. The first-order valence-corrected chi connectivity index (χ1v) is 9.30. The second-order valence-corrected chi connectivity index (χ2v) is 9.05. The molecule has 0 aliphatic carbocycles. The molecule has 0 aromatic rings. The van der Waals surface area contributed by atoms with E-state index in [0.717, 1.165) is 24.6 Å². The van der Waals surface area contributed by atoms with Crippen molar-refractivity contribution >= 4 is 35.3 Å². The Morgan fingerprint density at radius 2 is 1.95 bits per heavy atom. The number of carbonyl (C=O) groups excluding carboxylic acids is 2. The predicted octanol–water partition coefficient (Wildman–Crippen LogP) is 1.90. The Balaban J connectivity index is 2.06. The van der Waals surface area contributed by atoms with Crippen LogP contribution in [0.4, 0.5) is 0 Å². The molecule has 4 nitrogen and oxygen atoms in total. The molecule has 2 saturated heterocycles. The summed E-state index contributed by atoms with van der Waals surface area (Å²) in [5.41, 5.74) is -0.422. The van der Waals surface area contributed by atoms with E-state index in [1.807, 2.05) is 37.4 Å². The lowest BCUT2D eigenvalue weighted by atomic mass is 9.94. The van der Waals surface area contributed by atoms with Crippen molar-refractivity contribution in [3.05, 3.63) is 0 Å². The van der Waals surface area contributed by atoms with Crippen molar-refractivity contribution < 1.29 is 9.59 Å². The van der Waals surface area contributed by atoms with Crippen molar-refractivity contribution in [1.29, 1.82) is 0 Å². The molecule has 2 fully saturated rings. The topological polar surface area (TPSA) is 40.6 Å². The van der Waals surface area contributed by atoms with Crippen LogP contribution in [0.25, 0.3) is 0 Å². The third-order valence-electron chi connectivity index (χ3n) is 3.62. The molecule has 0 aromatic carbocycles. The Kier molecular flexibility index (Phi) is 4.95. The lowest BCUT2D eigenvalue weighted by molar-refractivity contribution is -0.147. The Morgan fingerprint density at radius 3 is 2.55 bits per heavy atom. The summed E-state index contributed by atoms with van der Waals surface area (Å²) in [4.78, 5) is 28.9. The van der Waals surface area contributed by atoms with E-state index in [-0.39, 0.29) is 17.9 Å². The van der Waals surface area contributed by atoms with E-state index in [4.69, 9.17) is 0 Å². The molecule has 2 heterocycles. The first kappa shape index (κ1) is 16.0. The van der Waals surface area contributed by atoms with E-state index < -0.39 is 5.41 Å². The molecule has 2 amide bonds. The molecule has 0 N–H and O–H groups in total. The summed E-state index contributed by atoms with van der Waals surface area (Å²) in [5, 5.41) is 0.494. The molecule has 0 saturated carbocycles. The van der Waals surface area contributed by atoms with Gasteiger partial charge in [-0.3, -0.25) is 9.59 Å². The zero-order chi connectivity index (χ0) is 14.9. The maximum absolute atomic E-state index is 12.7. The average molecular weight is 316 g/mol. The number of nitrogens with zero attached hydrogens (tertiary/aromatic N) is 2. The summed E-state index contributed by atoms with van der Waals surface area (Å²) in [7, 11) is 0. The molecule has 6 heteroatoms. The van der Waals surface area contributed by atoms with Crippen molar-refractivity contribution in [2.75, 3.05) is 30.5 Å². The molecule has 20 heavy (non-hydrogen) atoms. The maximum atomic E-state index is 12.7. The van der Waals surface area contributed by atoms with Gasteiger partial charge in [0, 0.05) is 35.3 Å². The number of hydrogen-bond acceptors (Lipinski definition) is 4. The minimum absolute atomic E-state index is 0.0836. The van der Waals surface area contributed by atoms with Crippen molar-refractivity contribution in [3.63, 3.8) is 0 Å². The SMILES string of the molecule is C[C@@H]1CN(C(=O)[C@H]2CSCN2C(=O)C(C)(C)C)CCS1. The van der Waals surface area contributed by atoms with Gasteiger partial charge in [-0.25, -0.2) is 0 Å². The zero-order valence-electron chi connectivity index (χ0n) is 12.7. The highest BCUT2D eigenvalue weighted by molar-refractivity contribution is 8.00. The fraction of sp³-hybridized carbons (Fsp3) is 0.857. The average Bonchev–Trinajstić information content (AvgIpc) is 2.84. The van der Waals surface area contributed by atoms with Gasteiger partial charge < -0.3 is 9.80 Å². The Bertz CT molecular complexity index is 395. The standard InChI is InChI=1S/C14H24N2O2S2/c1-10-7-15(5-6-20-10)12(17)11-8-19-9-16(11)13(18)14(2,3)4/h10-11H,5-9H2,1-4H3/t10-,11-/m1/s1. The number of rotatable bonds is 1. The second kappa shape index (κ2) is 6.18. The fourth-order valence-electron chi connectivity index (χ4n) is 2.51. The quantitative estimate of drug-likeness (QED) is 0.741. The van der Waals surface area contributed by atoms with Crippen LogP contribution >= 0.6 is 23.5 Å². The normalized spacial score (nSPS) is 27.8. The molecule has 2 rings (SSSR count). The molecule has 2 aliphatic heterocycles. The lowest BCUT2D eigenvalue weighted by Gasteiger charge is -2.36. The van der Waals surface area contributed by atoms with Crippen LogP contribution in [0.15, 0.2) is 0 Å². The maximum Gasteiger partial charge on any atom is 0.246 e. The van der Waals surface area contributed by atoms with Crippen LogP contribution in [0.1, 0.15) is 27.7 Å². The molecule has 0 spiro atoms. The summed E-state index contributed by atoms with van der Waals surface area (Å²) in [6.45, 7) is 9.53. The highest BCUT2D eigenvalue weighted by atomic mass is 32.2. The van der Waals surface area contributed by atoms with E-state index in [1.54, 1.807) is 16.7 Å². The fourth-order valence-corrected chi connectivity index (χ4v) is 4.67. The third-order valence-corrected chi connectivity index (χ3v) is 5.77. The first-order chi connectivity index (χ1) is 9.30. The van der Waals surface area contributed by atoms with Gasteiger partial charge in [0.2, 0.25) is 11.8 Å². The van der Waals surface area contributed by atoms with Crippen molar-refractivity contribution in [3.8, 4) is 0 Å². The molecule has 114 valence electrons. The van der Waals surface area contributed by atoms with Gasteiger partial charge in [0.1, 0.15) is 6.04 Å². The van der Waals surface area contributed by atoms with Gasteiger partial charge in [-0.15, -0.1) is 11.8 Å². The van der Waals surface area contributed by atoms with Crippen LogP contribution in [-0.2, 0) is 9.59 Å². The van der Waals surface area contributed by atoms with E-state index in [2.05, 4.69) is 6.92 Å². The molecule has 0 bridgehead atoms. The van der Waals surface area contributed by atoms with Gasteiger partial charge >= 0.3 is 0 Å². The van der Waals surface area contributed by atoms with E-state index in [0.29, 0.717) is 11.1 Å². The van der Waals surface area contributed by atoms with Crippen LogP contribution < -0.4 is 0 Å². The van der Waals surface area contributed by atoms with Crippen molar-refractivity contribution in [2.24, 2.45) is 5.41 Å². The Hall–Kier alpha value is -0.360. The highest BCUT2D eigenvalue weighted by Crippen LogP contribution is 2.29. The molecular weight excluding hydrogens is 292 g/mol. The van der Waals surface area contributed by atoms with Gasteiger partial charge in [-0.1, -0.05) is 27.7 Å². The molecule has 2 atom stereocenters. The minimum atomic E-state index is -0.422. The van der Waals surface area contributed by atoms with Crippen LogP contribution in [-0.4, -0.2) is 63.4 Å².